The number of hydrogen-bond acceptors (Lipinski definition) is 2. The van der Waals surface area contributed by atoms with Crippen LogP contribution in [0.5, 0.6) is 0 Å². The monoisotopic (exact) mass is 306 g/mol. The number of fused-ring (bicyclic) bond motifs is 5. The van der Waals surface area contributed by atoms with Crippen molar-refractivity contribution in [1.29, 1.82) is 0 Å². The van der Waals surface area contributed by atoms with Crippen molar-refractivity contribution in [3.05, 3.63) is 11.6 Å². The summed E-state index contributed by atoms with van der Waals surface area (Å²) >= 11 is 0. The molecule has 4 aliphatic rings. The average Bonchev–Trinajstić information content (AvgIpc) is 2.72. The van der Waals surface area contributed by atoms with Gasteiger partial charge in [-0.15, -0.1) is 0 Å². The van der Waals surface area contributed by atoms with Gasteiger partial charge in [0, 0.05) is 5.41 Å². The minimum atomic E-state index is -1.23. The normalized spacial score (nSPS) is 54.3. The highest BCUT2D eigenvalue weighted by Gasteiger charge is 2.61. The molecule has 0 aromatic heterocycles. The number of aliphatic hydroxyl groups is 1. The van der Waals surface area contributed by atoms with Gasteiger partial charge in [0.2, 0.25) is 0 Å². The first-order valence-corrected chi connectivity index (χ1v) is 8.94. The fraction of sp³-hybridized carbons (Fsp3) is 0.842. The molecule has 0 amide bonds. The lowest BCUT2D eigenvalue weighted by atomic mass is 9.47. The molecule has 7 atom stereocenters. The molecule has 4 rings (SSSR count). The topological polar surface area (TPSA) is 37.3 Å². The molecule has 0 bridgehead atoms. The van der Waals surface area contributed by atoms with E-state index in [4.69, 9.17) is 0 Å². The fourth-order valence-electron chi connectivity index (χ4n) is 6.46. The zero-order chi connectivity index (χ0) is 15.7. The first-order valence-electron chi connectivity index (χ1n) is 8.94. The summed E-state index contributed by atoms with van der Waals surface area (Å²) in [5, 5.41) is 9.95. The maximum atomic E-state index is 14.1. The van der Waals surface area contributed by atoms with Crippen molar-refractivity contribution < 1.29 is 14.3 Å². The van der Waals surface area contributed by atoms with Gasteiger partial charge in [0.05, 0.1) is 6.10 Å². The fourth-order valence-corrected chi connectivity index (χ4v) is 6.46. The van der Waals surface area contributed by atoms with Gasteiger partial charge < -0.3 is 5.11 Å². The lowest BCUT2D eigenvalue weighted by Gasteiger charge is -2.57. The molecule has 2 nitrogen and oxygen atoms in total. The van der Waals surface area contributed by atoms with Gasteiger partial charge in [0.1, 0.15) is 0 Å². The maximum absolute atomic E-state index is 14.1. The first-order chi connectivity index (χ1) is 10.4. The van der Waals surface area contributed by atoms with Gasteiger partial charge in [-0.05, 0) is 68.1 Å². The summed E-state index contributed by atoms with van der Waals surface area (Å²) in [6.07, 6.45) is 6.89. The third-order valence-electron chi connectivity index (χ3n) is 7.79. The second-order valence-electron chi connectivity index (χ2n) is 8.65. The van der Waals surface area contributed by atoms with E-state index in [9.17, 15) is 14.3 Å². The van der Waals surface area contributed by atoms with Gasteiger partial charge in [-0.25, -0.2) is 4.39 Å². The van der Waals surface area contributed by atoms with Crippen molar-refractivity contribution >= 4 is 5.78 Å². The lowest BCUT2D eigenvalue weighted by Crippen LogP contribution is -2.50. The van der Waals surface area contributed by atoms with Crippen LogP contribution < -0.4 is 0 Å². The number of halogens is 1. The summed E-state index contributed by atoms with van der Waals surface area (Å²) in [5.41, 5.74) is 1.19. The molecular formula is C19H27FO2. The molecule has 0 radical (unpaired) electrons. The number of carbonyl (C=O) groups is 1. The molecule has 0 saturated heterocycles. The Balaban J connectivity index is 1.69. The Morgan fingerprint density at radius 3 is 2.64 bits per heavy atom. The number of carbonyl (C=O) groups excluding carboxylic acids is 1. The van der Waals surface area contributed by atoms with E-state index in [1.54, 1.807) is 0 Å². The third kappa shape index (κ3) is 1.78. The molecule has 122 valence electrons. The molecule has 0 aromatic rings. The van der Waals surface area contributed by atoms with Crippen LogP contribution >= 0.6 is 0 Å². The second-order valence-corrected chi connectivity index (χ2v) is 8.65. The quantitative estimate of drug-likeness (QED) is 0.691. The number of rotatable bonds is 0. The van der Waals surface area contributed by atoms with Crippen LogP contribution in [0.1, 0.15) is 58.8 Å². The van der Waals surface area contributed by atoms with Crippen LogP contribution in [0.2, 0.25) is 0 Å². The van der Waals surface area contributed by atoms with Crippen LogP contribution in [-0.4, -0.2) is 23.2 Å². The van der Waals surface area contributed by atoms with E-state index in [0.29, 0.717) is 18.3 Å². The van der Waals surface area contributed by atoms with Crippen LogP contribution in [0.25, 0.3) is 0 Å². The number of ketones is 1. The van der Waals surface area contributed by atoms with E-state index in [1.165, 1.54) is 5.57 Å². The Morgan fingerprint density at radius 2 is 1.86 bits per heavy atom. The number of allylic oxidation sites excluding steroid dienone is 1. The summed E-state index contributed by atoms with van der Waals surface area (Å²) in [4.78, 5) is 12.3. The van der Waals surface area contributed by atoms with Crippen molar-refractivity contribution in [2.24, 2.45) is 28.6 Å². The molecule has 1 N–H and O–H groups in total. The molecule has 1 unspecified atom stereocenters. The SMILES string of the molecule is C[C@]12CCC(O)C=C1CC[C@@H]1[C@@H]2CC[C@]2(C)C(=O)[C@H](F)C[C@@H]12. The molecule has 22 heavy (non-hydrogen) atoms. The lowest BCUT2D eigenvalue weighted by molar-refractivity contribution is -0.135. The molecule has 3 heteroatoms. The van der Waals surface area contributed by atoms with Crippen LogP contribution in [0.15, 0.2) is 11.6 Å². The average molecular weight is 306 g/mol. The number of alkyl halides is 1. The van der Waals surface area contributed by atoms with Gasteiger partial charge in [0.15, 0.2) is 12.0 Å². The Morgan fingerprint density at radius 1 is 1.14 bits per heavy atom. The van der Waals surface area contributed by atoms with E-state index < -0.39 is 11.6 Å². The smallest absolute Gasteiger partial charge is 0.173 e. The summed E-state index contributed by atoms with van der Waals surface area (Å²) < 4.78 is 14.1. The standard InChI is InChI=1S/C19H27FO2/c1-18-7-5-12(21)9-11(18)3-4-13-14(18)6-8-19(2)15(13)10-16(20)17(19)22/h9,12-16,21H,3-8,10H2,1-2H3/t12?,13-,14+,15+,16-,18+,19+/m1/s1. The molecule has 0 heterocycles. The van der Waals surface area contributed by atoms with Crippen molar-refractivity contribution in [3.8, 4) is 0 Å². The van der Waals surface area contributed by atoms with Gasteiger partial charge in [-0.1, -0.05) is 25.5 Å². The van der Waals surface area contributed by atoms with Crippen molar-refractivity contribution in [3.63, 3.8) is 0 Å². The van der Waals surface area contributed by atoms with Crippen LogP contribution in [-0.2, 0) is 4.79 Å². The zero-order valence-electron chi connectivity index (χ0n) is 13.6. The van der Waals surface area contributed by atoms with E-state index in [1.807, 2.05) is 6.92 Å². The zero-order valence-corrected chi connectivity index (χ0v) is 13.6. The minimum absolute atomic E-state index is 0.124. The highest BCUT2D eigenvalue weighted by atomic mass is 19.1. The van der Waals surface area contributed by atoms with Crippen molar-refractivity contribution in [1.82, 2.24) is 0 Å². The van der Waals surface area contributed by atoms with Gasteiger partial charge in [-0.3, -0.25) is 4.79 Å². The molecule has 0 aliphatic heterocycles. The summed E-state index contributed by atoms with van der Waals surface area (Å²) in [5.74, 6) is 1.16. The van der Waals surface area contributed by atoms with E-state index in [2.05, 4.69) is 13.0 Å². The molecule has 4 aliphatic carbocycles. The predicted molar refractivity (Wildman–Crippen MR) is 83.0 cm³/mol. The Bertz CT molecular complexity index is 542. The van der Waals surface area contributed by atoms with Crippen LogP contribution in [0.3, 0.4) is 0 Å². The highest BCUT2D eigenvalue weighted by Crippen LogP contribution is 2.64. The van der Waals surface area contributed by atoms with E-state index in [-0.39, 0.29) is 23.2 Å². The van der Waals surface area contributed by atoms with E-state index in [0.717, 1.165) is 38.5 Å². The second kappa shape index (κ2) is 4.66. The van der Waals surface area contributed by atoms with Crippen LogP contribution in [0, 0.1) is 28.6 Å². The van der Waals surface area contributed by atoms with Crippen molar-refractivity contribution in [2.75, 3.05) is 0 Å². The van der Waals surface area contributed by atoms with Gasteiger partial charge >= 0.3 is 0 Å². The third-order valence-corrected chi connectivity index (χ3v) is 7.79. The molecular weight excluding hydrogens is 279 g/mol. The maximum Gasteiger partial charge on any atom is 0.173 e. The Labute approximate surface area is 132 Å². The predicted octanol–water partition coefficient (Wildman–Crippen LogP) is 3.83. The Kier molecular flexibility index (Phi) is 3.15. The summed E-state index contributed by atoms with van der Waals surface area (Å²) in [6, 6.07) is 0. The molecule has 0 aromatic carbocycles. The molecule has 0 spiro atoms. The largest absolute Gasteiger partial charge is 0.389 e. The summed E-state index contributed by atoms with van der Waals surface area (Å²) in [6.45, 7) is 4.38. The van der Waals surface area contributed by atoms with Crippen molar-refractivity contribution in [2.45, 2.75) is 71.1 Å². The number of aliphatic hydroxyl groups excluding tert-OH is 1. The van der Waals surface area contributed by atoms with Gasteiger partial charge in [-0.2, -0.15) is 0 Å². The Hall–Kier alpha value is -0.700. The number of Topliss-reactive ketones (excluding diaryl/α,β-unsaturated/α-hetero) is 1. The molecule has 3 saturated carbocycles. The van der Waals surface area contributed by atoms with Crippen LogP contribution in [0.4, 0.5) is 4.39 Å². The highest BCUT2D eigenvalue weighted by molar-refractivity contribution is 5.91. The van der Waals surface area contributed by atoms with E-state index >= 15 is 0 Å². The molecule has 3 fully saturated rings. The minimum Gasteiger partial charge on any atom is -0.389 e. The van der Waals surface area contributed by atoms with Gasteiger partial charge in [0.25, 0.3) is 0 Å². The summed E-state index contributed by atoms with van der Waals surface area (Å²) in [7, 11) is 0. The first kappa shape index (κ1) is 14.9. The number of hydrogen-bond donors (Lipinski definition) is 1.